The van der Waals surface area contributed by atoms with E-state index < -0.39 is 58.4 Å². The third-order valence-electron chi connectivity index (χ3n) is 7.04. The predicted molar refractivity (Wildman–Crippen MR) is 146 cm³/mol. The van der Waals surface area contributed by atoms with E-state index in [9.17, 15) is 45.1 Å². The number of hydrogen-bond donors (Lipinski definition) is 0. The number of likely N-dealkylation sites (N-methyl/N-ethyl adjacent to an activating group) is 1. The number of hydrogen-bond acceptors (Lipinski definition) is 4. The number of rotatable bonds is 9. The maximum atomic E-state index is 13.9. The van der Waals surface area contributed by atoms with Crippen molar-refractivity contribution in [2.24, 2.45) is 0 Å². The lowest BCUT2D eigenvalue weighted by Gasteiger charge is -2.32. The quantitative estimate of drug-likeness (QED) is 0.139. The molecule has 1 aromatic heterocycles. The maximum absolute atomic E-state index is 13.9. The molecule has 0 spiro atoms. The molecule has 3 rings (SSSR count). The minimum atomic E-state index is -5.11. The van der Waals surface area contributed by atoms with Crippen molar-refractivity contribution in [2.45, 2.75) is 64.7 Å². The van der Waals surface area contributed by atoms with Crippen LogP contribution >= 0.6 is 0 Å². The Kier molecular flexibility index (Phi) is 9.52. The van der Waals surface area contributed by atoms with Gasteiger partial charge in [0.15, 0.2) is 5.78 Å². The molecule has 1 heterocycles. The number of Topliss-reactive ketones (excluding diaryl/α,β-unsaturated/α-hetero) is 2. The Labute approximate surface area is 243 Å². The third-order valence-corrected chi connectivity index (χ3v) is 7.04. The van der Waals surface area contributed by atoms with Crippen LogP contribution in [0, 0.1) is 12.7 Å². The molecule has 0 aliphatic carbocycles. The highest BCUT2D eigenvalue weighted by Crippen LogP contribution is 2.41. The monoisotopic (exact) mass is 610 g/mol. The highest BCUT2D eigenvalue weighted by molar-refractivity contribution is 6.09. The second kappa shape index (κ2) is 12.3. The summed E-state index contributed by atoms with van der Waals surface area (Å²) in [6.07, 6.45) is -8.76. The van der Waals surface area contributed by atoms with Gasteiger partial charge in [-0.05, 0) is 80.3 Å². The van der Waals surface area contributed by atoms with Crippen molar-refractivity contribution in [3.05, 3.63) is 82.4 Å². The fourth-order valence-corrected chi connectivity index (χ4v) is 4.62. The van der Waals surface area contributed by atoms with E-state index in [1.807, 2.05) is 0 Å². The topological polar surface area (TPSA) is 67.3 Å². The second-order valence-corrected chi connectivity index (χ2v) is 10.7. The molecule has 2 aromatic carbocycles. The lowest BCUT2D eigenvalue weighted by Crippen LogP contribution is -2.42. The van der Waals surface area contributed by atoms with Crippen LogP contribution in [0.15, 0.2) is 48.7 Å². The largest absolute Gasteiger partial charge is 0.416 e. The first-order chi connectivity index (χ1) is 19.8. The van der Waals surface area contributed by atoms with Gasteiger partial charge in [0.05, 0.1) is 34.8 Å². The number of benzene rings is 2. The van der Waals surface area contributed by atoms with Gasteiger partial charge >= 0.3 is 12.4 Å². The van der Waals surface area contributed by atoms with Crippen molar-refractivity contribution in [3.8, 4) is 11.1 Å². The summed E-state index contributed by atoms with van der Waals surface area (Å²) >= 11 is 0. The van der Waals surface area contributed by atoms with Crippen molar-refractivity contribution in [1.82, 2.24) is 4.98 Å². The molecule has 0 fully saturated rings. The van der Waals surface area contributed by atoms with Gasteiger partial charge in [-0.3, -0.25) is 19.4 Å². The zero-order valence-electron chi connectivity index (χ0n) is 24.0. The highest BCUT2D eigenvalue weighted by atomic mass is 19.4. The number of carbonyl (C=O) groups excluding carboxylic acids is 3. The standard InChI is InChI=1S/C31H29F7N2O3/c1-6-7-22(41)14-27(42)25-15-24(23-9-8-21(32)10-17(23)2)26(16-39-25)40(5)28(43)29(3,4)18-11-19(30(33,34)35)13-20(12-18)31(36,37)38/h8-13,15-16H,6-7,14H2,1-5H3. The van der Waals surface area contributed by atoms with Crippen LogP contribution in [0.1, 0.15) is 72.8 Å². The third kappa shape index (κ3) is 7.47. The molecule has 0 N–H and O–H groups in total. The number of aromatic nitrogens is 1. The van der Waals surface area contributed by atoms with Crippen LogP contribution in [0.4, 0.5) is 36.4 Å². The minimum Gasteiger partial charge on any atom is -0.313 e. The Morgan fingerprint density at radius 1 is 0.837 bits per heavy atom. The van der Waals surface area contributed by atoms with E-state index >= 15 is 0 Å². The lowest BCUT2D eigenvalue weighted by molar-refractivity contribution is -0.143. The molecule has 0 bridgehead atoms. The van der Waals surface area contributed by atoms with E-state index in [-0.39, 0.29) is 35.2 Å². The molecule has 0 radical (unpaired) electrons. The highest BCUT2D eigenvalue weighted by Gasteiger charge is 2.41. The molecule has 0 aliphatic rings. The van der Waals surface area contributed by atoms with Crippen LogP contribution < -0.4 is 4.90 Å². The van der Waals surface area contributed by atoms with Gasteiger partial charge in [0.1, 0.15) is 17.3 Å². The van der Waals surface area contributed by atoms with E-state index in [1.165, 1.54) is 39.1 Å². The first-order valence-corrected chi connectivity index (χ1v) is 13.2. The van der Waals surface area contributed by atoms with E-state index in [2.05, 4.69) is 4.98 Å². The normalized spacial score (nSPS) is 12.3. The Balaban J connectivity index is 2.16. The van der Waals surface area contributed by atoms with Crippen LogP contribution in [-0.2, 0) is 27.4 Å². The van der Waals surface area contributed by atoms with Crippen molar-refractivity contribution in [1.29, 1.82) is 0 Å². The number of carbonyl (C=O) groups is 3. The number of aryl methyl sites for hydroxylation is 1. The molecule has 0 saturated carbocycles. The van der Waals surface area contributed by atoms with Crippen molar-refractivity contribution < 1.29 is 45.1 Å². The number of alkyl halides is 6. The van der Waals surface area contributed by atoms with Gasteiger partial charge in [-0.1, -0.05) is 13.0 Å². The molecule has 3 aromatic rings. The molecule has 0 saturated heterocycles. The maximum Gasteiger partial charge on any atom is 0.416 e. The summed E-state index contributed by atoms with van der Waals surface area (Å²) < 4.78 is 95.1. The lowest BCUT2D eigenvalue weighted by atomic mass is 9.81. The molecule has 0 unspecified atom stereocenters. The number of amides is 1. The molecule has 0 aliphatic heterocycles. The summed E-state index contributed by atoms with van der Waals surface area (Å²) in [7, 11) is 1.26. The number of nitrogens with zero attached hydrogens (tertiary/aromatic N) is 2. The average molecular weight is 611 g/mol. The first kappa shape index (κ1) is 33.4. The molecular weight excluding hydrogens is 581 g/mol. The minimum absolute atomic E-state index is 0.0197. The summed E-state index contributed by atoms with van der Waals surface area (Å²) in [5.74, 6) is -2.34. The van der Waals surface area contributed by atoms with Crippen molar-refractivity contribution in [3.63, 3.8) is 0 Å². The zero-order valence-corrected chi connectivity index (χ0v) is 24.0. The van der Waals surface area contributed by atoms with Crippen LogP contribution in [0.5, 0.6) is 0 Å². The van der Waals surface area contributed by atoms with Gasteiger partial charge in [-0.15, -0.1) is 0 Å². The molecule has 1 amide bonds. The fraction of sp³-hybridized carbons (Fsp3) is 0.355. The van der Waals surface area contributed by atoms with Gasteiger partial charge in [0.2, 0.25) is 5.91 Å². The Hall–Kier alpha value is -4.09. The fourth-order valence-electron chi connectivity index (χ4n) is 4.62. The summed E-state index contributed by atoms with van der Waals surface area (Å²) in [4.78, 5) is 43.8. The molecule has 5 nitrogen and oxygen atoms in total. The Bertz CT molecular complexity index is 1530. The average Bonchev–Trinajstić information content (AvgIpc) is 2.90. The zero-order chi connectivity index (χ0) is 32.5. The van der Waals surface area contributed by atoms with Gasteiger partial charge in [-0.2, -0.15) is 26.3 Å². The second-order valence-electron chi connectivity index (χ2n) is 10.7. The Morgan fingerprint density at radius 3 is 1.91 bits per heavy atom. The van der Waals surface area contributed by atoms with Crippen molar-refractivity contribution >= 4 is 23.2 Å². The van der Waals surface area contributed by atoms with Crippen LogP contribution in [0.2, 0.25) is 0 Å². The van der Waals surface area contributed by atoms with Crippen LogP contribution in [0.3, 0.4) is 0 Å². The molecular formula is C31H29F7N2O3. The SMILES string of the molecule is CCCC(=O)CC(=O)c1cc(-c2ccc(F)cc2C)c(N(C)C(=O)C(C)(C)c2cc(C(F)(F)F)cc(C(F)(F)F)c2)cn1. The molecule has 12 heteroatoms. The predicted octanol–water partition coefficient (Wildman–Crippen LogP) is 8.12. The summed E-state index contributed by atoms with van der Waals surface area (Å²) in [6, 6.07) is 6.04. The van der Waals surface area contributed by atoms with Gasteiger partial charge < -0.3 is 4.90 Å². The van der Waals surface area contributed by atoms with Gasteiger partial charge in [0.25, 0.3) is 0 Å². The van der Waals surface area contributed by atoms with E-state index in [1.54, 1.807) is 13.8 Å². The van der Waals surface area contributed by atoms with Crippen LogP contribution in [0.25, 0.3) is 11.1 Å². The number of pyridine rings is 1. The van der Waals surface area contributed by atoms with E-state index in [4.69, 9.17) is 0 Å². The summed E-state index contributed by atoms with van der Waals surface area (Å²) in [5, 5.41) is 0. The van der Waals surface area contributed by atoms with E-state index in [0.29, 0.717) is 29.7 Å². The molecule has 230 valence electrons. The summed E-state index contributed by atoms with van der Waals surface area (Å²) in [6.45, 7) is 5.73. The smallest absolute Gasteiger partial charge is 0.313 e. The number of halogens is 7. The van der Waals surface area contributed by atoms with Crippen LogP contribution in [-0.4, -0.2) is 29.5 Å². The molecule has 43 heavy (non-hydrogen) atoms. The summed E-state index contributed by atoms with van der Waals surface area (Å²) in [5.41, 5.74) is -4.63. The number of ketones is 2. The number of anilines is 1. The molecule has 0 atom stereocenters. The Morgan fingerprint density at radius 2 is 1.40 bits per heavy atom. The van der Waals surface area contributed by atoms with E-state index in [0.717, 1.165) is 17.2 Å². The van der Waals surface area contributed by atoms with Crippen molar-refractivity contribution in [2.75, 3.05) is 11.9 Å². The van der Waals surface area contributed by atoms with Gasteiger partial charge in [-0.25, -0.2) is 4.39 Å². The first-order valence-electron chi connectivity index (χ1n) is 13.2. The van der Waals surface area contributed by atoms with Gasteiger partial charge in [0, 0.05) is 19.0 Å².